The van der Waals surface area contributed by atoms with Crippen molar-refractivity contribution >= 4 is 17.5 Å². The highest BCUT2D eigenvalue weighted by atomic mass is 16.2. The number of anilines is 1. The number of rotatable bonds is 5. The predicted molar refractivity (Wildman–Crippen MR) is 97.7 cm³/mol. The molecule has 2 amide bonds. The molecule has 1 fully saturated rings. The number of nitrogens with zero attached hydrogens (tertiary/aromatic N) is 1. The van der Waals surface area contributed by atoms with Crippen molar-refractivity contribution in [1.82, 2.24) is 10.3 Å². The standard InChI is InChI=1S/C20H23N3O2/c1-2-14-7-3-6-10-17(14)23-19(24)15-11-12-21-18(13-15)20(25)22-16-8-4-5-9-16/h3,6-7,10-13,16H,2,4-5,8-9H2,1H3,(H,22,25)(H,23,24). The minimum atomic E-state index is -0.238. The molecule has 1 aromatic heterocycles. The maximum Gasteiger partial charge on any atom is 0.270 e. The minimum Gasteiger partial charge on any atom is -0.348 e. The van der Waals surface area contributed by atoms with Crippen LogP contribution in [0.2, 0.25) is 0 Å². The Bertz CT molecular complexity index is 767. The summed E-state index contributed by atoms with van der Waals surface area (Å²) < 4.78 is 0. The van der Waals surface area contributed by atoms with E-state index < -0.39 is 0 Å². The van der Waals surface area contributed by atoms with Crippen LogP contribution in [0.15, 0.2) is 42.6 Å². The lowest BCUT2D eigenvalue weighted by atomic mass is 10.1. The first-order valence-corrected chi connectivity index (χ1v) is 8.83. The van der Waals surface area contributed by atoms with Crippen LogP contribution in [0.5, 0.6) is 0 Å². The molecule has 0 aliphatic heterocycles. The van der Waals surface area contributed by atoms with E-state index in [0.717, 1.165) is 43.4 Å². The van der Waals surface area contributed by atoms with Crippen LogP contribution >= 0.6 is 0 Å². The first kappa shape index (κ1) is 17.1. The number of para-hydroxylation sites is 1. The van der Waals surface area contributed by atoms with E-state index in [1.54, 1.807) is 12.1 Å². The number of aryl methyl sites for hydroxylation is 1. The largest absolute Gasteiger partial charge is 0.348 e. The molecule has 25 heavy (non-hydrogen) atoms. The molecule has 0 unspecified atom stereocenters. The third-order valence-corrected chi connectivity index (χ3v) is 4.59. The summed E-state index contributed by atoms with van der Waals surface area (Å²) in [6, 6.07) is 11.1. The van der Waals surface area contributed by atoms with E-state index >= 15 is 0 Å². The molecule has 5 nitrogen and oxygen atoms in total. The molecule has 2 aromatic rings. The highest BCUT2D eigenvalue weighted by Gasteiger charge is 2.19. The van der Waals surface area contributed by atoms with Crippen LogP contribution in [-0.2, 0) is 6.42 Å². The van der Waals surface area contributed by atoms with Gasteiger partial charge in [-0.3, -0.25) is 14.6 Å². The number of aromatic nitrogens is 1. The second-order valence-corrected chi connectivity index (χ2v) is 6.35. The third kappa shape index (κ3) is 4.24. The van der Waals surface area contributed by atoms with E-state index in [9.17, 15) is 9.59 Å². The summed E-state index contributed by atoms with van der Waals surface area (Å²) >= 11 is 0. The number of nitrogens with one attached hydrogen (secondary N) is 2. The van der Waals surface area contributed by atoms with Crippen LogP contribution in [0.25, 0.3) is 0 Å². The number of carbonyl (C=O) groups is 2. The summed E-state index contributed by atoms with van der Waals surface area (Å²) in [4.78, 5) is 29.0. The lowest BCUT2D eigenvalue weighted by Gasteiger charge is -2.12. The van der Waals surface area contributed by atoms with Crippen LogP contribution in [0.3, 0.4) is 0 Å². The van der Waals surface area contributed by atoms with Crippen LogP contribution in [-0.4, -0.2) is 22.8 Å². The molecule has 5 heteroatoms. The fourth-order valence-corrected chi connectivity index (χ4v) is 3.17. The van der Waals surface area contributed by atoms with Gasteiger partial charge < -0.3 is 10.6 Å². The van der Waals surface area contributed by atoms with Crippen molar-refractivity contribution in [2.45, 2.75) is 45.1 Å². The summed E-state index contributed by atoms with van der Waals surface area (Å²) in [6.45, 7) is 2.04. The summed E-state index contributed by atoms with van der Waals surface area (Å²) in [5, 5.41) is 5.91. The van der Waals surface area contributed by atoms with Crippen LogP contribution < -0.4 is 10.6 Å². The fraction of sp³-hybridized carbons (Fsp3) is 0.350. The number of carbonyl (C=O) groups excluding carboxylic acids is 2. The van der Waals surface area contributed by atoms with Crippen LogP contribution in [0.1, 0.15) is 59.0 Å². The highest BCUT2D eigenvalue weighted by Crippen LogP contribution is 2.19. The molecule has 1 heterocycles. The molecule has 0 spiro atoms. The molecule has 0 atom stereocenters. The maximum absolute atomic E-state index is 12.5. The van der Waals surface area contributed by atoms with Crippen molar-refractivity contribution in [2.24, 2.45) is 0 Å². The van der Waals surface area contributed by atoms with Crippen molar-refractivity contribution < 1.29 is 9.59 Å². The van der Waals surface area contributed by atoms with Crippen molar-refractivity contribution in [1.29, 1.82) is 0 Å². The Morgan fingerprint density at radius 2 is 1.88 bits per heavy atom. The van der Waals surface area contributed by atoms with Crippen LogP contribution in [0, 0.1) is 0 Å². The number of hydrogen-bond acceptors (Lipinski definition) is 3. The monoisotopic (exact) mass is 337 g/mol. The smallest absolute Gasteiger partial charge is 0.270 e. The zero-order valence-electron chi connectivity index (χ0n) is 14.4. The number of amides is 2. The minimum absolute atomic E-state index is 0.212. The van der Waals surface area contributed by atoms with Crippen molar-refractivity contribution in [2.75, 3.05) is 5.32 Å². The SMILES string of the molecule is CCc1ccccc1NC(=O)c1ccnc(C(=O)NC2CCCC2)c1. The zero-order chi connectivity index (χ0) is 17.6. The van der Waals surface area contributed by atoms with Gasteiger partial charge in [0.05, 0.1) is 0 Å². The average Bonchev–Trinajstić information content (AvgIpc) is 3.15. The molecule has 2 N–H and O–H groups in total. The fourth-order valence-electron chi connectivity index (χ4n) is 3.17. The van der Waals surface area contributed by atoms with Gasteiger partial charge in [0.1, 0.15) is 5.69 Å². The average molecular weight is 337 g/mol. The summed E-state index contributed by atoms with van der Waals surface area (Å²) in [7, 11) is 0. The second-order valence-electron chi connectivity index (χ2n) is 6.35. The summed E-state index contributed by atoms with van der Waals surface area (Å²) in [5.41, 5.74) is 2.58. The molecule has 1 aliphatic carbocycles. The second kappa shape index (κ2) is 7.92. The van der Waals surface area contributed by atoms with Gasteiger partial charge in [0.15, 0.2) is 0 Å². The van der Waals surface area contributed by atoms with E-state index in [0.29, 0.717) is 5.56 Å². The van der Waals surface area contributed by atoms with Gasteiger partial charge in [0.25, 0.3) is 11.8 Å². The van der Waals surface area contributed by atoms with Gasteiger partial charge in [-0.05, 0) is 43.0 Å². The normalized spacial score (nSPS) is 14.3. The Morgan fingerprint density at radius 1 is 1.12 bits per heavy atom. The topological polar surface area (TPSA) is 71.1 Å². The van der Waals surface area contributed by atoms with Crippen LogP contribution in [0.4, 0.5) is 5.69 Å². The molecular formula is C20H23N3O2. The summed E-state index contributed by atoms with van der Waals surface area (Å²) in [5.74, 6) is -0.450. The molecule has 1 aliphatic rings. The summed E-state index contributed by atoms with van der Waals surface area (Å²) in [6.07, 6.45) is 6.67. The molecular weight excluding hydrogens is 314 g/mol. The molecule has 0 bridgehead atoms. The lowest BCUT2D eigenvalue weighted by Crippen LogP contribution is -2.33. The van der Waals surface area contributed by atoms with Crippen molar-refractivity contribution in [3.05, 3.63) is 59.4 Å². The Balaban J connectivity index is 1.71. The molecule has 3 rings (SSSR count). The first-order valence-electron chi connectivity index (χ1n) is 8.83. The lowest BCUT2D eigenvalue weighted by molar-refractivity contribution is 0.0933. The Kier molecular flexibility index (Phi) is 5.43. The molecule has 130 valence electrons. The predicted octanol–water partition coefficient (Wildman–Crippen LogP) is 3.57. The molecule has 0 radical (unpaired) electrons. The van der Waals surface area contributed by atoms with E-state index in [4.69, 9.17) is 0 Å². The van der Waals surface area contributed by atoms with Gasteiger partial charge in [-0.1, -0.05) is 38.0 Å². The molecule has 0 saturated heterocycles. The number of benzene rings is 1. The number of pyridine rings is 1. The van der Waals surface area contributed by atoms with Crippen molar-refractivity contribution in [3.8, 4) is 0 Å². The first-order chi connectivity index (χ1) is 12.2. The van der Waals surface area contributed by atoms with Gasteiger partial charge in [-0.15, -0.1) is 0 Å². The highest BCUT2D eigenvalue weighted by molar-refractivity contribution is 6.06. The van der Waals surface area contributed by atoms with E-state index in [-0.39, 0.29) is 23.6 Å². The van der Waals surface area contributed by atoms with Gasteiger partial charge in [-0.2, -0.15) is 0 Å². The zero-order valence-corrected chi connectivity index (χ0v) is 14.4. The quantitative estimate of drug-likeness (QED) is 0.876. The van der Waals surface area contributed by atoms with E-state index in [1.807, 2.05) is 31.2 Å². The Morgan fingerprint density at radius 3 is 2.64 bits per heavy atom. The van der Waals surface area contributed by atoms with Gasteiger partial charge in [-0.25, -0.2) is 0 Å². The van der Waals surface area contributed by atoms with Crippen molar-refractivity contribution in [3.63, 3.8) is 0 Å². The van der Waals surface area contributed by atoms with Gasteiger partial charge in [0.2, 0.25) is 0 Å². The molecule has 1 aromatic carbocycles. The third-order valence-electron chi connectivity index (χ3n) is 4.59. The van der Waals surface area contributed by atoms with E-state index in [1.165, 1.54) is 6.20 Å². The van der Waals surface area contributed by atoms with Gasteiger partial charge >= 0.3 is 0 Å². The maximum atomic E-state index is 12.5. The van der Waals surface area contributed by atoms with Gasteiger partial charge in [0, 0.05) is 23.5 Å². The van der Waals surface area contributed by atoms with E-state index in [2.05, 4.69) is 15.6 Å². The molecule has 1 saturated carbocycles. The Hall–Kier alpha value is -2.69. The Labute approximate surface area is 147 Å². The number of hydrogen-bond donors (Lipinski definition) is 2.